The normalized spacial score (nSPS) is 16.5. The molecular weight excluding hydrogens is 304 g/mol. The summed E-state index contributed by atoms with van der Waals surface area (Å²) < 4.78 is 6.27. The number of esters is 1. The van der Waals surface area contributed by atoms with E-state index < -0.39 is 16.9 Å². The number of fused-ring (bicyclic) bond motifs is 1. The first-order valence-corrected chi connectivity index (χ1v) is 6.61. The molecule has 10 nitrogen and oxygen atoms in total. The van der Waals surface area contributed by atoms with E-state index in [9.17, 15) is 14.9 Å². The first kappa shape index (κ1) is 14.6. The number of non-ortho nitro benzene ring substituents is 1. The third kappa shape index (κ3) is 2.39. The second-order valence-electron chi connectivity index (χ2n) is 4.85. The van der Waals surface area contributed by atoms with Crippen molar-refractivity contribution in [3.05, 3.63) is 51.2 Å². The molecule has 0 bridgehead atoms. The number of allylic oxidation sites excluding steroid dienone is 1. The van der Waals surface area contributed by atoms with E-state index >= 15 is 0 Å². The third-order valence-electron chi connectivity index (χ3n) is 3.54. The van der Waals surface area contributed by atoms with Gasteiger partial charge in [-0.2, -0.15) is 4.68 Å². The molecule has 23 heavy (non-hydrogen) atoms. The smallest absolute Gasteiger partial charge is 0.338 e. The van der Waals surface area contributed by atoms with Gasteiger partial charge in [-0.3, -0.25) is 10.1 Å². The molecule has 118 valence electrons. The Kier molecular flexibility index (Phi) is 3.48. The highest BCUT2D eigenvalue weighted by atomic mass is 16.6. The number of ether oxygens (including phenoxy) is 1. The lowest BCUT2D eigenvalue weighted by atomic mass is 9.95. The van der Waals surface area contributed by atoms with Crippen molar-refractivity contribution < 1.29 is 14.5 Å². The summed E-state index contributed by atoms with van der Waals surface area (Å²) in [4.78, 5) is 22.5. The highest BCUT2D eigenvalue weighted by molar-refractivity contribution is 5.92. The fraction of sp³-hybridized carbons (Fsp3) is 0.231. The van der Waals surface area contributed by atoms with Crippen LogP contribution < -0.4 is 5.32 Å². The minimum Gasteiger partial charge on any atom is -0.466 e. The van der Waals surface area contributed by atoms with Crippen molar-refractivity contribution in [2.24, 2.45) is 0 Å². The van der Waals surface area contributed by atoms with Crippen LogP contribution in [0.4, 0.5) is 11.6 Å². The zero-order valence-electron chi connectivity index (χ0n) is 12.3. The fourth-order valence-electron chi connectivity index (χ4n) is 2.47. The van der Waals surface area contributed by atoms with Crippen molar-refractivity contribution in [3.63, 3.8) is 0 Å². The minimum atomic E-state index is -0.630. The van der Waals surface area contributed by atoms with E-state index in [0.29, 0.717) is 22.8 Å². The van der Waals surface area contributed by atoms with Gasteiger partial charge in [0.1, 0.15) is 6.04 Å². The molecule has 2 aromatic rings. The number of nitro groups is 1. The molecule has 0 spiro atoms. The van der Waals surface area contributed by atoms with E-state index in [4.69, 9.17) is 4.74 Å². The summed E-state index contributed by atoms with van der Waals surface area (Å²) in [7, 11) is 1.28. The largest absolute Gasteiger partial charge is 0.466 e. The average Bonchev–Trinajstić information content (AvgIpc) is 3.00. The molecule has 1 aliphatic heterocycles. The molecule has 0 saturated carbocycles. The van der Waals surface area contributed by atoms with Gasteiger partial charge in [0.25, 0.3) is 5.69 Å². The van der Waals surface area contributed by atoms with Crippen LogP contribution >= 0.6 is 0 Å². The monoisotopic (exact) mass is 316 g/mol. The van der Waals surface area contributed by atoms with Gasteiger partial charge in [0.2, 0.25) is 5.95 Å². The summed E-state index contributed by atoms with van der Waals surface area (Å²) in [5.74, 6) is -0.155. The van der Waals surface area contributed by atoms with Gasteiger partial charge in [-0.25, -0.2) is 4.79 Å². The molecule has 3 rings (SSSR count). The van der Waals surface area contributed by atoms with Crippen molar-refractivity contribution in [2.75, 3.05) is 12.4 Å². The summed E-state index contributed by atoms with van der Waals surface area (Å²) in [5.41, 5.74) is 1.48. The van der Waals surface area contributed by atoms with E-state index in [1.54, 1.807) is 19.1 Å². The van der Waals surface area contributed by atoms with Crippen molar-refractivity contribution in [1.82, 2.24) is 20.2 Å². The van der Waals surface area contributed by atoms with Crippen molar-refractivity contribution in [3.8, 4) is 0 Å². The first-order valence-electron chi connectivity index (χ1n) is 6.61. The zero-order chi connectivity index (χ0) is 16.6. The number of tetrazole rings is 1. The van der Waals surface area contributed by atoms with E-state index in [1.165, 1.54) is 23.9 Å². The summed E-state index contributed by atoms with van der Waals surface area (Å²) in [6.07, 6.45) is 0. The zero-order valence-corrected chi connectivity index (χ0v) is 12.3. The maximum Gasteiger partial charge on any atom is 0.338 e. The number of hydrogen-bond acceptors (Lipinski definition) is 8. The summed E-state index contributed by atoms with van der Waals surface area (Å²) in [5, 5.41) is 25.1. The van der Waals surface area contributed by atoms with Crippen molar-refractivity contribution in [1.29, 1.82) is 0 Å². The molecule has 1 aliphatic rings. The Morgan fingerprint density at radius 3 is 2.70 bits per heavy atom. The maximum absolute atomic E-state index is 12.2. The SMILES string of the molecule is COC(=O)C1=C(C)Nc2nnnn2[C@H]1c1ccc([N+](=O)[O-])cc1. The number of carbonyl (C=O) groups excluding carboxylic acids is 1. The lowest BCUT2D eigenvalue weighted by molar-refractivity contribution is -0.384. The quantitative estimate of drug-likeness (QED) is 0.506. The van der Waals surface area contributed by atoms with E-state index in [0.717, 1.165) is 0 Å². The highest BCUT2D eigenvalue weighted by Gasteiger charge is 2.34. The Hall–Kier alpha value is -3.30. The maximum atomic E-state index is 12.2. The summed E-state index contributed by atoms with van der Waals surface area (Å²) >= 11 is 0. The molecule has 2 heterocycles. The molecule has 0 amide bonds. The second-order valence-corrected chi connectivity index (χ2v) is 4.85. The average molecular weight is 316 g/mol. The molecule has 1 aromatic heterocycles. The molecular formula is C13H12N6O4. The Balaban J connectivity index is 2.13. The molecule has 10 heteroatoms. The molecule has 1 N–H and O–H groups in total. The van der Waals surface area contributed by atoms with Gasteiger partial charge in [0, 0.05) is 17.8 Å². The van der Waals surface area contributed by atoms with E-state index in [-0.39, 0.29) is 5.69 Å². The molecule has 0 fully saturated rings. The first-order chi connectivity index (χ1) is 11.0. The van der Waals surface area contributed by atoms with Crippen LogP contribution in [0.1, 0.15) is 18.5 Å². The standard InChI is InChI=1S/C13H12N6O4/c1-7-10(12(20)23-2)11(18-13(14-7)15-16-17-18)8-3-5-9(6-4-8)19(21)22/h3-6,11H,1-2H3,(H,14,15,17)/t11-/m0/s1. The van der Waals surface area contributed by atoms with E-state index in [1.807, 2.05) is 0 Å². The topological polar surface area (TPSA) is 125 Å². The number of rotatable bonds is 3. The van der Waals surface area contributed by atoms with Gasteiger partial charge in [-0.05, 0) is 35.0 Å². The van der Waals surface area contributed by atoms with Crippen molar-refractivity contribution in [2.45, 2.75) is 13.0 Å². The molecule has 0 aliphatic carbocycles. The number of anilines is 1. The minimum absolute atomic E-state index is 0.0417. The Bertz CT molecular complexity index is 810. The van der Waals surface area contributed by atoms with Crippen LogP contribution in [0, 0.1) is 10.1 Å². The lowest BCUT2D eigenvalue weighted by Crippen LogP contribution is -2.29. The Morgan fingerprint density at radius 1 is 1.39 bits per heavy atom. The number of nitrogens with one attached hydrogen (secondary N) is 1. The number of hydrogen-bond donors (Lipinski definition) is 1. The van der Waals surface area contributed by atoms with Gasteiger partial charge < -0.3 is 10.1 Å². The van der Waals surface area contributed by atoms with Crippen molar-refractivity contribution >= 4 is 17.6 Å². The number of nitrogens with zero attached hydrogens (tertiary/aromatic N) is 5. The van der Waals surface area contributed by atoms with Gasteiger partial charge in [0.15, 0.2) is 0 Å². The van der Waals surface area contributed by atoms with Crippen LogP contribution in [0.25, 0.3) is 0 Å². The van der Waals surface area contributed by atoms with Gasteiger partial charge >= 0.3 is 5.97 Å². The van der Waals surface area contributed by atoms with Crippen LogP contribution in [-0.4, -0.2) is 38.2 Å². The summed E-state index contributed by atoms with van der Waals surface area (Å²) in [6, 6.07) is 5.23. The molecule has 1 atom stereocenters. The van der Waals surface area contributed by atoms with Gasteiger partial charge in [-0.1, -0.05) is 5.10 Å². The second kappa shape index (κ2) is 5.48. The summed E-state index contributed by atoms with van der Waals surface area (Å²) in [6.45, 7) is 1.71. The molecule has 1 aromatic carbocycles. The Morgan fingerprint density at radius 2 is 2.09 bits per heavy atom. The number of methoxy groups -OCH3 is 1. The predicted octanol–water partition coefficient (Wildman–Crippen LogP) is 1.04. The number of aromatic nitrogens is 4. The number of carbonyl (C=O) groups is 1. The van der Waals surface area contributed by atoms with Crippen LogP contribution in [0.3, 0.4) is 0 Å². The van der Waals surface area contributed by atoms with Gasteiger partial charge in [-0.15, -0.1) is 0 Å². The number of benzene rings is 1. The molecule has 0 radical (unpaired) electrons. The van der Waals surface area contributed by atoms with Crippen LogP contribution in [0.5, 0.6) is 0 Å². The molecule has 0 unspecified atom stereocenters. The predicted molar refractivity (Wildman–Crippen MR) is 77.4 cm³/mol. The molecule has 0 saturated heterocycles. The third-order valence-corrected chi connectivity index (χ3v) is 3.54. The van der Waals surface area contributed by atoms with Crippen LogP contribution in [0.15, 0.2) is 35.5 Å². The highest BCUT2D eigenvalue weighted by Crippen LogP contribution is 2.35. The fourth-order valence-corrected chi connectivity index (χ4v) is 2.47. The van der Waals surface area contributed by atoms with Crippen LogP contribution in [-0.2, 0) is 9.53 Å². The van der Waals surface area contributed by atoms with Gasteiger partial charge in [0.05, 0.1) is 17.6 Å². The Labute approximate surface area is 129 Å². The van der Waals surface area contributed by atoms with Crippen LogP contribution in [0.2, 0.25) is 0 Å². The lowest BCUT2D eigenvalue weighted by Gasteiger charge is -2.26. The van der Waals surface area contributed by atoms with E-state index in [2.05, 4.69) is 20.8 Å². The number of nitro benzene ring substituents is 1.